The van der Waals surface area contributed by atoms with Gasteiger partial charge in [-0.25, -0.2) is 9.59 Å². The van der Waals surface area contributed by atoms with E-state index in [0.717, 1.165) is 5.56 Å². The predicted octanol–water partition coefficient (Wildman–Crippen LogP) is 4.03. The van der Waals surface area contributed by atoms with Gasteiger partial charge in [-0.1, -0.05) is 45.9 Å². The first-order valence-electron chi connectivity index (χ1n) is 19.8. The van der Waals surface area contributed by atoms with Crippen molar-refractivity contribution in [3.63, 3.8) is 0 Å². The third-order valence-electron chi connectivity index (χ3n) is 11.6. The number of hydrogen-bond acceptors (Lipinski definition) is 14. The number of pyridine rings is 1. The highest BCUT2D eigenvalue weighted by molar-refractivity contribution is 5.85. The van der Waals surface area contributed by atoms with Crippen molar-refractivity contribution in [1.82, 2.24) is 20.5 Å². The van der Waals surface area contributed by atoms with Crippen LogP contribution in [0.4, 0.5) is 9.59 Å². The number of aliphatic hydroxyl groups excluding tert-OH is 1. The van der Waals surface area contributed by atoms with E-state index in [0.29, 0.717) is 6.42 Å². The lowest BCUT2D eigenvalue weighted by atomic mass is 9.73. The molecule has 0 aromatic carbocycles. The molecule has 0 spiro atoms. The van der Waals surface area contributed by atoms with Crippen LogP contribution in [-0.4, -0.2) is 126 Å². The van der Waals surface area contributed by atoms with E-state index in [1.807, 2.05) is 32.0 Å². The first kappa shape index (κ1) is 45.6. The number of esters is 2. The molecule has 3 saturated heterocycles. The fraction of sp³-hybridized carbons (Fsp3) is 0.707. The summed E-state index contributed by atoms with van der Waals surface area (Å²) in [6.07, 6.45) is -0.399. The third-order valence-corrected chi connectivity index (χ3v) is 11.6. The van der Waals surface area contributed by atoms with Crippen molar-refractivity contribution in [2.45, 2.75) is 142 Å². The number of likely N-dealkylation sites (N-methyl/N-ethyl adjacent to an activating group) is 1. The topological polar surface area (TPSA) is 201 Å². The maximum atomic E-state index is 14.5. The molecule has 2 amide bonds. The first-order valence-corrected chi connectivity index (χ1v) is 19.8. The van der Waals surface area contributed by atoms with E-state index >= 15 is 0 Å². The average molecular weight is 803 g/mol. The van der Waals surface area contributed by atoms with Crippen molar-refractivity contribution in [3.05, 3.63) is 36.2 Å². The Hall–Kier alpha value is -4.12. The van der Waals surface area contributed by atoms with Gasteiger partial charge >= 0.3 is 24.1 Å². The number of carbonyl (C=O) groups excluding carboxylic acids is 5. The number of alkyl carbamates (subject to hydrolysis) is 2. The lowest BCUT2D eigenvalue weighted by molar-refractivity contribution is -0.300. The number of aliphatic hydroxyl groups is 1. The number of nitrogens with zero attached hydrogens (tertiary/aromatic N) is 2. The minimum Gasteiger partial charge on any atom is -0.458 e. The van der Waals surface area contributed by atoms with E-state index in [-0.39, 0.29) is 37.3 Å². The lowest BCUT2D eigenvalue weighted by Gasteiger charge is -2.48. The number of amides is 2. The SMILES string of the molecule is CC[C@H]1OC(=O)[C@H](C)[C@@H](O)[C@H](C)[C@@H](O[C@@H]2O[C@H](C)C[C@H](N(C)C)[C@H]2OC(C)=O)[C@](C)(OC(=O)NCC=Cc2cccnc2)C[C@@H](C)C(=O)[C@H](C)[C@H]2NC(=O)O[C@@]21C. The van der Waals surface area contributed by atoms with Gasteiger partial charge < -0.3 is 49.1 Å². The number of fused-ring (bicyclic) bond motifs is 1. The molecular weight excluding hydrogens is 740 g/mol. The number of carbonyl (C=O) groups is 5. The second-order valence-corrected chi connectivity index (χ2v) is 16.4. The van der Waals surface area contributed by atoms with Gasteiger partial charge in [0, 0.05) is 43.6 Å². The molecule has 3 N–H and O–H groups in total. The highest BCUT2D eigenvalue weighted by Crippen LogP contribution is 2.41. The van der Waals surface area contributed by atoms with Crippen molar-refractivity contribution in [2.24, 2.45) is 23.7 Å². The van der Waals surface area contributed by atoms with Crippen LogP contribution in [0.5, 0.6) is 0 Å². The van der Waals surface area contributed by atoms with Gasteiger partial charge in [0.1, 0.15) is 23.6 Å². The summed E-state index contributed by atoms with van der Waals surface area (Å²) in [7, 11) is 3.69. The van der Waals surface area contributed by atoms with Crippen molar-refractivity contribution in [1.29, 1.82) is 0 Å². The molecule has 3 fully saturated rings. The summed E-state index contributed by atoms with van der Waals surface area (Å²) in [4.78, 5) is 73.3. The summed E-state index contributed by atoms with van der Waals surface area (Å²) >= 11 is 0. The summed E-state index contributed by atoms with van der Waals surface area (Å²) in [6.45, 7) is 14.7. The Labute approximate surface area is 335 Å². The van der Waals surface area contributed by atoms with Crippen LogP contribution in [-0.2, 0) is 42.8 Å². The molecule has 0 unspecified atom stereocenters. The first-order chi connectivity index (χ1) is 26.7. The molecule has 1 aromatic heterocycles. The predicted molar refractivity (Wildman–Crippen MR) is 207 cm³/mol. The van der Waals surface area contributed by atoms with Gasteiger partial charge in [-0.3, -0.25) is 19.4 Å². The standard InChI is InChI=1S/C41H62N4O12/c1-12-30-41(9)34(44-39(51)57-41)24(4)31(47)22(2)20-40(8,56-38(50)43-18-14-16-28-15-13-17-42-21-28)35(25(5)32(48)26(6)36(49)54-30)55-37-33(53-27(7)46)29(45(10)11)19-23(3)52-37/h13-17,21-26,29-30,32-35,37,48H,12,18-20H2,1-11H3,(H,43,50)(H,44,51)/t22-,23-,24+,25+,26-,29+,30-,32+,33-,34-,35-,37+,40-,41-/m1/s1. The van der Waals surface area contributed by atoms with Crippen LogP contribution >= 0.6 is 0 Å². The molecule has 4 heterocycles. The summed E-state index contributed by atoms with van der Waals surface area (Å²) in [6, 6.07) is 2.41. The number of Topliss-reactive ketones (excluding diaryl/α,β-unsaturated/α-hetero) is 1. The van der Waals surface area contributed by atoms with Crippen LogP contribution in [0.1, 0.15) is 87.1 Å². The molecule has 16 heteroatoms. The smallest absolute Gasteiger partial charge is 0.408 e. The Bertz CT molecular complexity index is 1610. The largest absolute Gasteiger partial charge is 0.458 e. The lowest BCUT2D eigenvalue weighted by Crippen LogP contribution is -2.61. The Morgan fingerprint density at radius 2 is 1.82 bits per heavy atom. The van der Waals surface area contributed by atoms with Crippen LogP contribution in [0.25, 0.3) is 6.08 Å². The van der Waals surface area contributed by atoms with Gasteiger partial charge in [0.05, 0.1) is 30.2 Å². The van der Waals surface area contributed by atoms with Crippen LogP contribution in [0.2, 0.25) is 0 Å². The Morgan fingerprint density at radius 3 is 2.44 bits per heavy atom. The van der Waals surface area contributed by atoms with Crippen LogP contribution < -0.4 is 10.6 Å². The number of cyclic esters (lactones) is 1. The zero-order valence-electron chi connectivity index (χ0n) is 35.1. The van der Waals surface area contributed by atoms with Gasteiger partial charge in [-0.15, -0.1) is 0 Å². The molecule has 0 aliphatic carbocycles. The summed E-state index contributed by atoms with van der Waals surface area (Å²) < 4.78 is 37.0. The molecule has 318 valence electrons. The number of aromatic nitrogens is 1. The normalized spacial score (nSPS) is 38.0. The molecule has 14 atom stereocenters. The van der Waals surface area contributed by atoms with Gasteiger partial charge in [0.25, 0.3) is 0 Å². The molecule has 4 rings (SSSR count). The summed E-state index contributed by atoms with van der Waals surface area (Å²) in [5.41, 5.74) is -2.31. The summed E-state index contributed by atoms with van der Waals surface area (Å²) in [5, 5.41) is 17.5. The second kappa shape index (κ2) is 19.1. The monoisotopic (exact) mass is 802 g/mol. The van der Waals surface area contributed by atoms with E-state index in [1.54, 1.807) is 72.2 Å². The number of rotatable bonds is 9. The van der Waals surface area contributed by atoms with Gasteiger partial charge in [-0.05, 0) is 72.7 Å². The van der Waals surface area contributed by atoms with E-state index in [2.05, 4.69) is 15.6 Å². The molecule has 0 saturated carbocycles. The Balaban J connectivity index is 1.82. The van der Waals surface area contributed by atoms with Crippen LogP contribution in [0.3, 0.4) is 0 Å². The number of ketones is 1. The van der Waals surface area contributed by atoms with Crippen LogP contribution in [0, 0.1) is 23.7 Å². The van der Waals surface area contributed by atoms with Gasteiger partial charge in [0.15, 0.2) is 18.0 Å². The maximum Gasteiger partial charge on any atom is 0.408 e. The van der Waals surface area contributed by atoms with Gasteiger partial charge in [0.2, 0.25) is 0 Å². The molecule has 3 aliphatic heterocycles. The average Bonchev–Trinajstić information content (AvgIpc) is 3.47. The molecular formula is C41H62N4O12. The maximum absolute atomic E-state index is 14.5. The molecule has 57 heavy (non-hydrogen) atoms. The third kappa shape index (κ3) is 10.7. The van der Waals surface area contributed by atoms with Crippen LogP contribution in [0.15, 0.2) is 30.6 Å². The number of ether oxygens (including phenoxy) is 6. The minimum absolute atomic E-state index is 0.0722. The fourth-order valence-electron chi connectivity index (χ4n) is 8.60. The Kier molecular flexibility index (Phi) is 15.3. The molecule has 3 aliphatic rings. The van der Waals surface area contributed by atoms with Crippen molar-refractivity contribution < 1.29 is 57.5 Å². The Morgan fingerprint density at radius 1 is 1.12 bits per heavy atom. The molecule has 0 radical (unpaired) electrons. The number of nitrogens with one attached hydrogen (secondary N) is 2. The van der Waals surface area contributed by atoms with Crippen molar-refractivity contribution in [2.75, 3.05) is 20.6 Å². The molecule has 0 bridgehead atoms. The summed E-state index contributed by atoms with van der Waals surface area (Å²) in [5.74, 6) is -5.47. The van der Waals surface area contributed by atoms with E-state index in [1.165, 1.54) is 13.8 Å². The van der Waals surface area contributed by atoms with E-state index in [9.17, 15) is 29.1 Å². The molecule has 1 aromatic rings. The van der Waals surface area contributed by atoms with Gasteiger partial charge in [-0.2, -0.15) is 0 Å². The highest BCUT2D eigenvalue weighted by Gasteiger charge is 2.58. The minimum atomic E-state index is -1.71. The second-order valence-electron chi connectivity index (χ2n) is 16.4. The fourth-order valence-corrected chi connectivity index (χ4v) is 8.60. The van der Waals surface area contributed by atoms with Crippen molar-refractivity contribution in [3.8, 4) is 0 Å². The van der Waals surface area contributed by atoms with E-state index < -0.39 is 95.7 Å². The van der Waals surface area contributed by atoms with E-state index in [4.69, 9.17) is 28.4 Å². The zero-order valence-corrected chi connectivity index (χ0v) is 35.1. The molecule has 16 nitrogen and oxygen atoms in total. The quantitative estimate of drug-likeness (QED) is 0.239. The van der Waals surface area contributed by atoms with Crippen molar-refractivity contribution >= 4 is 36.0 Å². The number of hydrogen-bond donors (Lipinski definition) is 3. The highest BCUT2D eigenvalue weighted by atomic mass is 16.7. The zero-order chi connectivity index (χ0) is 42.4.